The highest BCUT2D eigenvalue weighted by Gasteiger charge is 2.20. The molecule has 0 amide bonds. The molecular formula is C15H22N2O3. The van der Waals surface area contributed by atoms with E-state index in [2.05, 4.69) is 11.8 Å². The lowest BCUT2D eigenvalue weighted by atomic mass is 10.0. The number of pyridine rings is 1. The molecule has 0 saturated heterocycles. The van der Waals surface area contributed by atoms with Crippen LogP contribution in [0.1, 0.15) is 36.6 Å². The third kappa shape index (κ3) is 3.10. The van der Waals surface area contributed by atoms with Crippen LogP contribution in [-0.2, 0) is 30.7 Å². The Morgan fingerprint density at radius 3 is 2.85 bits per heavy atom. The van der Waals surface area contributed by atoms with Gasteiger partial charge < -0.3 is 14.6 Å². The summed E-state index contributed by atoms with van der Waals surface area (Å²) in [7, 11) is 2.04. The van der Waals surface area contributed by atoms with Crippen molar-refractivity contribution in [3.8, 4) is 0 Å². The lowest BCUT2D eigenvalue weighted by molar-refractivity contribution is -0.136. The van der Waals surface area contributed by atoms with Crippen molar-refractivity contribution in [2.45, 2.75) is 45.7 Å². The molecule has 0 unspecified atom stereocenters. The summed E-state index contributed by atoms with van der Waals surface area (Å²) in [6.07, 6.45) is 2.63. The molecule has 0 spiro atoms. The van der Waals surface area contributed by atoms with Crippen molar-refractivity contribution in [2.75, 3.05) is 13.6 Å². The standard InChI is InChI=1S/C15H22N2O3/c1-3-4-6-17-13-5-7-16(2)10-12(13)8-11(15(17)20)9-14(18)19/h8H,3-7,9-10H2,1-2H3,(H,18,19). The van der Waals surface area contributed by atoms with Crippen LogP contribution in [0.5, 0.6) is 0 Å². The number of aliphatic carboxylic acids is 1. The predicted octanol–water partition coefficient (Wildman–Crippen LogP) is 1.26. The minimum absolute atomic E-state index is 0.121. The predicted molar refractivity (Wildman–Crippen MR) is 77.0 cm³/mol. The normalized spacial score (nSPS) is 15.1. The van der Waals surface area contributed by atoms with Crippen molar-refractivity contribution in [1.82, 2.24) is 9.47 Å². The third-order valence-electron chi connectivity index (χ3n) is 3.81. The molecule has 5 heteroatoms. The number of rotatable bonds is 5. The summed E-state index contributed by atoms with van der Waals surface area (Å²) < 4.78 is 1.81. The summed E-state index contributed by atoms with van der Waals surface area (Å²) >= 11 is 0. The van der Waals surface area contributed by atoms with Crippen LogP contribution < -0.4 is 5.56 Å². The number of unbranched alkanes of at least 4 members (excludes halogenated alkanes) is 1. The van der Waals surface area contributed by atoms with E-state index in [9.17, 15) is 9.59 Å². The SMILES string of the molecule is CCCCn1c2c(cc(CC(=O)O)c1=O)CN(C)CC2. The number of carboxylic acid groups (broad SMARTS) is 1. The van der Waals surface area contributed by atoms with E-state index in [1.807, 2.05) is 11.6 Å². The van der Waals surface area contributed by atoms with Gasteiger partial charge in [-0.3, -0.25) is 9.59 Å². The highest BCUT2D eigenvalue weighted by molar-refractivity contribution is 5.70. The molecule has 1 N–H and O–H groups in total. The molecule has 1 aromatic heterocycles. The second-order valence-electron chi connectivity index (χ2n) is 5.51. The Hall–Kier alpha value is -1.62. The summed E-state index contributed by atoms with van der Waals surface area (Å²) in [5.74, 6) is -0.951. The molecule has 0 atom stereocenters. The van der Waals surface area contributed by atoms with Gasteiger partial charge in [0.05, 0.1) is 6.42 Å². The number of nitrogens with zero attached hydrogens (tertiary/aromatic N) is 2. The van der Waals surface area contributed by atoms with Crippen molar-refractivity contribution in [3.63, 3.8) is 0 Å². The van der Waals surface area contributed by atoms with Gasteiger partial charge in [0.1, 0.15) is 0 Å². The number of hydrogen-bond acceptors (Lipinski definition) is 3. The smallest absolute Gasteiger partial charge is 0.308 e. The fourth-order valence-electron chi connectivity index (χ4n) is 2.77. The number of carbonyl (C=O) groups is 1. The minimum atomic E-state index is -0.951. The zero-order valence-electron chi connectivity index (χ0n) is 12.2. The molecule has 0 bridgehead atoms. The highest BCUT2D eigenvalue weighted by atomic mass is 16.4. The second kappa shape index (κ2) is 6.22. The summed E-state index contributed by atoms with van der Waals surface area (Å²) in [6.45, 7) is 4.51. The number of hydrogen-bond donors (Lipinski definition) is 1. The quantitative estimate of drug-likeness (QED) is 0.881. The van der Waals surface area contributed by atoms with E-state index in [1.165, 1.54) is 0 Å². The van der Waals surface area contributed by atoms with Gasteiger partial charge >= 0.3 is 5.97 Å². The third-order valence-corrected chi connectivity index (χ3v) is 3.81. The van der Waals surface area contributed by atoms with Gasteiger partial charge in [0.25, 0.3) is 5.56 Å². The molecule has 20 heavy (non-hydrogen) atoms. The molecule has 2 rings (SSSR count). The number of carboxylic acids is 1. The van der Waals surface area contributed by atoms with E-state index in [0.717, 1.165) is 43.6 Å². The summed E-state index contributed by atoms with van der Waals surface area (Å²) in [4.78, 5) is 25.6. The van der Waals surface area contributed by atoms with Gasteiger partial charge in [-0.2, -0.15) is 0 Å². The Morgan fingerprint density at radius 2 is 2.20 bits per heavy atom. The molecule has 5 nitrogen and oxygen atoms in total. The number of likely N-dealkylation sites (N-methyl/N-ethyl adjacent to an activating group) is 1. The fourth-order valence-corrected chi connectivity index (χ4v) is 2.77. The first-order valence-corrected chi connectivity index (χ1v) is 7.17. The van der Waals surface area contributed by atoms with Crippen LogP contribution in [0.15, 0.2) is 10.9 Å². The minimum Gasteiger partial charge on any atom is -0.481 e. The molecule has 0 saturated carbocycles. The van der Waals surface area contributed by atoms with Crippen LogP contribution in [0.4, 0.5) is 0 Å². The van der Waals surface area contributed by atoms with E-state index in [4.69, 9.17) is 5.11 Å². The van der Waals surface area contributed by atoms with E-state index in [-0.39, 0.29) is 12.0 Å². The topological polar surface area (TPSA) is 62.5 Å². The van der Waals surface area contributed by atoms with Crippen LogP contribution in [0.25, 0.3) is 0 Å². The van der Waals surface area contributed by atoms with E-state index >= 15 is 0 Å². The van der Waals surface area contributed by atoms with E-state index < -0.39 is 5.97 Å². The van der Waals surface area contributed by atoms with Gasteiger partial charge in [-0.25, -0.2) is 0 Å². The Morgan fingerprint density at radius 1 is 1.45 bits per heavy atom. The van der Waals surface area contributed by atoms with Gasteiger partial charge in [0, 0.05) is 37.3 Å². The average Bonchev–Trinajstić information content (AvgIpc) is 2.38. The van der Waals surface area contributed by atoms with Crippen molar-refractivity contribution in [1.29, 1.82) is 0 Å². The summed E-state index contributed by atoms with van der Waals surface area (Å²) in [5, 5.41) is 8.96. The molecule has 2 heterocycles. The first kappa shape index (κ1) is 14.8. The van der Waals surface area contributed by atoms with E-state index in [0.29, 0.717) is 12.1 Å². The van der Waals surface area contributed by atoms with Gasteiger partial charge in [-0.1, -0.05) is 13.3 Å². The zero-order valence-corrected chi connectivity index (χ0v) is 12.2. The Balaban J connectivity index is 2.48. The maximum Gasteiger partial charge on any atom is 0.308 e. The fraction of sp³-hybridized carbons (Fsp3) is 0.600. The van der Waals surface area contributed by atoms with Crippen molar-refractivity contribution >= 4 is 5.97 Å². The number of aromatic nitrogens is 1. The average molecular weight is 278 g/mol. The maximum atomic E-state index is 12.4. The molecule has 0 aliphatic carbocycles. The summed E-state index contributed by atoms with van der Waals surface area (Å²) in [6, 6.07) is 1.80. The van der Waals surface area contributed by atoms with E-state index in [1.54, 1.807) is 6.07 Å². The molecule has 0 aromatic carbocycles. The molecule has 1 aliphatic heterocycles. The van der Waals surface area contributed by atoms with Crippen LogP contribution in [-0.4, -0.2) is 34.1 Å². The van der Waals surface area contributed by atoms with Crippen LogP contribution in [0, 0.1) is 0 Å². The maximum absolute atomic E-state index is 12.4. The zero-order chi connectivity index (χ0) is 14.7. The second-order valence-corrected chi connectivity index (χ2v) is 5.51. The number of fused-ring (bicyclic) bond motifs is 1. The monoisotopic (exact) mass is 278 g/mol. The molecule has 0 fully saturated rings. The molecule has 0 radical (unpaired) electrons. The molecule has 110 valence electrons. The molecule has 1 aliphatic rings. The Labute approximate surface area is 118 Å². The largest absolute Gasteiger partial charge is 0.481 e. The molecular weight excluding hydrogens is 256 g/mol. The van der Waals surface area contributed by atoms with Crippen molar-refractivity contribution in [2.24, 2.45) is 0 Å². The first-order valence-electron chi connectivity index (χ1n) is 7.17. The Kier molecular flexibility index (Phi) is 4.60. The summed E-state index contributed by atoms with van der Waals surface area (Å²) in [5.41, 5.74) is 2.48. The van der Waals surface area contributed by atoms with Crippen LogP contribution in [0.3, 0.4) is 0 Å². The Bertz CT molecular complexity index is 563. The lowest BCUT2D eigenvalue weighted by Gasteiger charge is -2.28. The molecule has 1 aromatic rings. The van der Waals surface area contributed by atoms with Gasteiger partial charge in [0.15, 0.2) is 0 Å². The van der Waals surface area contributed by atoms with Crippen LogP contribution >= 0.6 is 0 Å². The van der Waals surface area contributed by atoms with Crippen molar-refractivity contribution < 1.29 is 9.90 Å². The van der Waals surface area contributed by atoms with Crippen LogP contribution in [0.2, 0.25) is 0 Å². The van der Waals surface area contributed by atoms with Gasteiger partial charge in [0.2, 0.25) is 0 Å². The van der Waals surface area contributed by atoms with Gasteiger partial charge in [-0.05, 0) is 25.1 Å². The van der Waals surface area contributed by atoms with Crippen molar-refractivity contribution in [3.05, 3.63) is 33.2 Å². The lowest BCUT2D eigenvalue weighted by Crippen LogP contribution is -2.35. The van der Waals surface area contributed by atoms with Gasteiger partial charge in [-0.15, -0.1) is 0 Å². The first-order chi connectivity index (χ1) is 9.52. The highest BCUT2D eigenvalue weighted by Crippen LogP contribution is 2.18.